The maximum atomic E-state index is 12.2. The molecule has 1 heterocycles. The Labute approximate surface area is 105 Å². The first-order chi connectivity index (χ1) is 8.53. The zero-order chi connectivity index (χ0) is 13.2. The zero-order valence-corrected chi connectivity index (χ0v) is 10.4. The average molecular weight is 267 g/mol. The average Bonchev–Trinajstić information content (AvgIpc) is 2.34. The molecule has 2 rings (SSSR count). The summed E-state index contributed by atoms with van der Waals surface area (Å²) in [5.74, 6) is 0. The van der Waals surface area contributed by atoms with Crippen molar-refractivity contribution >= 4 is 10.0 Å². The van der Waals surface area contributed by atoms with Crippen LogP contribution in [0.1, 0.15) is 25.0 Å². The van der Waals surface area contributed by atoms with E-state index in [1.165, 1.54) is 18.3 Å². The van der Waals surface area contributed by atoms with Gasteiger partial charge in [-0.05, 0) is 31.4 Å². The van der Waals surface area contributed by atoms with Crippen LogP contribution in [0, 0.1) is 11.3 Å². The minimum atomic E-state index is -3.83. The largest absolute Gasteiger partial charge is 0.394 e. The van der Waals surface area contributed by atoms with Crippen LogP contribution in [0.15, 0.2) is 23.2 Å². The quantitative estimate of drug-likeness (QED) is 0.808. The van der Waals surface area contributed by atoms with Crippen molar-refractivity contribution in [3.8, 4) is 6.07 Å². The number of rotatable bonds is 4. The SMILES string of the molecule is N#Cc1ncccc1S(=O)(=O)NC1(CO)CCC1. The summed E-state index contributed by atoms with van der Waals surface area (Å²) in [7, 11) is -3.83. The fraction of sp³-hybridized carbons (Fsp3) is 0.455. The summed E-state index contributed by atoms with van der Waals surface area (Å²) in [6, 6.07) is 4.54. The highest BCUT2D eigenvalue weighted by Crippen LogP contribution is 2.33. The fourth-order valence-electron chi connectivity index (χ4n) is 1.93. The highest BCUT2D eigenvalue weighted by Gasteiger charge is 2.40. The lowest BCUT2D eigenvalue weighted by Gasteiger charge is -2.40. The van der Waals surface area contributed by atoms with Crippen LogP contribution in [-0.4, -0.2) is 30.7 Å². The Kier molecular flexibility index (Phi) is 3.34. The van der Waals surface area contributed by atoms with Gasteiger partial charge >= 0.3 is 0 Å². The van der Waals surface area contributed by atoms with E-state index in [1.807, 2.05) is 0 Å². The first kappa shape index (κ1) is 13.0. The maximum Gasteiger partial charge on any atom is 0.244 e. The Morgan fingerprint density at radius 2 is 2.28 bits per heavy atom. The lowest BCUT2D eigenvalue weighted by Crippen LogP contribution is -2.56. The molecular weight excluding hydrogens is 254 g/mol. The molecule has 0 amide bonds. The van der Waals surface area contributed by atoms with Gasteiger partial charge in [-0.25, -0.2) is 18.1 Å². The number of aromatic nitrogens is 1. The summed E-state index contributed by atoms with van der Waals surface area (Å²) in [5.41, 5.74) is -0.918. The molecule has 1 saturated carbocycles. The Hall–Kier alpha value is -1.49. The molecule has 0 aromatic carbocycles. The van der Waals surface area contributed by atoms with Gasteiger partial charge in [0.25, 0.3) is 0 Å². The van der Waals surface area contributed by atoms with E-state index in [0.717, 1.165) is 6.42 Å². The second kappa shape index (κ2) is 4.65. The van der Waals surface area contributed by atoms with Gasteiger partial charge in [0.2, 0.25) is 10.0 Å². The van der Waals surface area contributed by atoms with Gasteiger partial charge in [0.15, 0.2) is 5.69 Å². The molecule has 0 atom stereocenters. The normalized spacial score (nSPS) is 17.8. The Morgan fingerprint density at radius 1 is 1.56 bits per heavy atom. The van der Waals surface area contributed by atoms with Crippen LogP contribution in [0.25, 0.3) is 0 Å². The molecule has 96 valence electrons. The van der Waals surface area contributed by atoms with Crippen LogP contribution in [0.3, 0.4) is 0 Å². The number of aliphatic hydroxyl groups excluding tert-OH is 1. The van der Waals surface area contributed by atoms with Crippen molar-refractivity contribution in [1.29, 1.82) is 5.26 Å². The second-order valence-corrected chi connectivity index (χ2v) is 6.01. The molecule has 18 heavy (non-hydrogen) atoms. The summed E-state index contributed by atoms with van der Waals surface area (Å²) >= 11 is 0. The molecular formula is C11H13N3O3S. The van der Waals surface area contributed by atoms with Gasteiger partial charge in [0.1, 0.15) is 11.0 Å². The molecule has 0 spiro atoms. The lowest BCUT2D eigenvalue weighted by molar-refractivity contribution is 0.110. The molecule has 6 nitrogen and oxygen atoms in total. The van der Waals surface area contributed by atoms with Crippen molar-refractivity contribution < 1.29 is 13.5 Å². The van der Waals surface area contributed by atoms with E-state index in [-0.39, 0.29) is 17.2 Å². The molecule has 1 aromatic heterocycles. The fourth-order valence-corrected chi connectivity index (χ4v) is 3.49. The van der Waals surface area contributed by atoms with Gasteiger partial charge in [0.05, 0.1) is 12.1 Å². The predicted molar refractivity (Wildman–Crippen MR) is 62.9 cm³/mol. The Morgan fingerprint density at radius 3 is 2.78 bits per heavy atom. The van der Waals surface area contributed by atoms with E-state index in [9.17, 15) is 13.5 Å². The number of hydrogen-bond donors (Lipinski definition) is 2. The number of nitrogens with one attached hydrogen (secondary N) is 1. The number of aliphatic hydroxyl groups is 1. The summed E-state index contributed by atoms with van der Waals surface area (Å²) in [6.45, 7) is -0.242. The summed E-state index contributed by atoms with van der Waals surface area (Å²) in [6.07, 6.45) is 3.44. The van der Waals surface area contributed by atoms with Crippen LogP contribution in [0.4, 0.5) is 0 Å². The van der Waals surface area contributed by atoms with Crippen LogP contribution in [0.2, 0.25) is 0 Å². The number of sulfonamides is 1. The van der Waals surface area contributed by atoms with E-state index in [1.54, 1.807) is 6.07 Å². The molecule has 2 N–H and O–H groups in total. The summed E-state index contributed by atoms with van der Waals surface area (Å²) in [4.78, 5) is 3.57. The molecule has 7 heteroatoms. The molecule has 0 saturated heterocycles. The molecule has 0 unspecified atom stereocenters. The maximum absolute atomic E-state index is 12.2. The summed E-state index contributed by atoms with van der Waals surface area (Å²) in [5, 5.41) is 18.1. The van der Waals surface area contributed by atoms with Crippen molar-refractivity contribution in [2.75, 3.05) is 6.61 Å². The number of pyridine rings is 1. The van der Waals surface area contributed by atoms with E-state index < -0.39 is 15.6 Å². The van der Waals surface area contributed by atoms with Crippen LogP contribution in [0.5, 0.6) is 0 Å². The number of nitrogens with zero attached hydrogens (tertiary/aromatic N) is 2. The first-order valence-corrected chi connectivity index (χ1v) is 7.01. The number of hydrogen-bond acceptors (Lipinski definition) is 5. The van der Waals surface area contributed by atoms with E-state index in [0.29, 0.717) is 12.8 Å². The van der Waals surface area contributed by atoms with E-state index >= 15 is 0 Å². The topological polar surface area (TPSA) is 103 Å². The highest BCUT2D eigenvalue weighted by molar-refractivity contribution is 7.89. The molecule has 0 aliphatic heterocycles. The first-order valence-electron chi connectivity index (χ1n) is 5.53. The van der Waals surface area contributed by atoms with Crippen LogP contribution < -0.4 is 4.72 Å². The van der Waals surface area contributed by atoms with Crippen LogP contribution >= 0.6 is 0 Å². The lowest BCUT2D eigenvalue weighted by atomic mass is 9.78. The van der Waals surface area contributed by atoms with Gasteiger partial charge in [-0.2, -0.15) is 5.26 Å². The van der Waals surface area contributed by atoms with Crippen LogP contribution in [-0.2, 0) is 10.0 Å². The van der Waals surface area contributed by atoms with Gasteiger partial charge in [-0.15, -0.1) is 0 Å². The molecule has 1 fully saturated rings. The van der Waals surface area contributed by atoms with Gasteiger partial charge in [0, 0.05) is 6.20 Å². The van der Waals surface area contributed by atoms with Gasteiger partial charge in [-0.1, -0.05) is 0 Å². The molecule has 1 aromatic rings. The van der Waals surface area contributed by atoms with Crippen molar-refractivity contribution in [2.24, 2.45) is 0 Å². The second-order valence-electron chi connectivity index (χ2n) is 4.36. The Balaban J connectivity index is 2.34. The third kappa shape index (κ3) is 2.22. The third-order valence-corrected chi connectivity index (χ3v) is 4.74. The predicted octanol–water partition coefficient (Wildman–Crippen LogP) is 0.147. The van der Waals surface area contributed by atoms with Gasteiger partial charge < -0.3 is 5.11 Å². The molecule has 0 radical (unpaired) electrons. The van der Waals surface area contributed by atoms with Crippen molar-refractivity contribution in [3.05, 3.63) is 24.0 Å². The summed E-state index contributed by atoms with van der Waals surface area (Å²) < 4.78 is 26.8. The van der Waals surface area contributed by atoms with Crippen molar-refractivity contribution in [1.82, 2.24) is 9.71 Å². The molecule has 1 aliphatic carbocycles. The monoisotopic (exact) mass is 267 g/mol. The zero-order valence-electron chi connectivity index (χ0n) is 9.63. The molecule has 1 aliphatic rings. The Bertz CT molecular complexity index is 582. The molecule has 0 bridgehead atoms. The number of nitriles is 1. The smallest absolute Gasteiger partial charge is 0.244 e. The van der Waals surface area contributed by atoms with E-state index in [2.05, 4.69) is 9.71 Å². The highest BCUT2D eigenvalue weighted by atomic mass is 32.2. The van der Waals surface area contributed by atoms with Crippen molar-refractivity contribution in [2.45, 2.75) is 29.7 Å². The van der Waals surface area contributed by atoms with Gasteiger partial charge in [-0.3, -0.25) is 0 Å². The minimum Gasteiger partial charge on any atom is -0.394 e. The van der Waals surface area contributed by atoms with Crippen molar-refractivity contribution in [3.63, 3.8) is 0 Å². The standard InChI is InChI=1S/C11H13N3O3S/c12-7-9-10(3-1-6-13-9)18(16,17)14-11(8-15)4-2-5-11/h1,3,6,14-15H,2,4-5,8H2. The van der Waals surface area contributed by atoms with E-state index in [4.69, 9.17) is 5.26 Å². The third-order valence-electron chi connectivity index (χ3n) is 3.13. The minimum absolute atomic E-state index is 0.141.